The Hall–Kier alpha value is -2.62. The van der Waals surface area contributed by atoms with E-state index in [4.69, 9.17) is 19.7 Å². The summed E-state index contributed by atoms with van der Waals surface area (Å²) >= 11 is 0. The normalized spacial score (nSPS) is 14.9. The smallest absolute Gasteiger partial charge is 0.346 e. The van der Waals surface area contributed by atoms with Crippen molar-refractivity contribution in [2.24, 2.45) is 0 Å². The van der Waals surface area contributed by atoms with E-state index in [1.807, 2.05) is 0 Å². The van der Waals surface area contributed by atoms with E-state index in [1.165, 1.54) is 26.4 Å². The van der Waals surface area contributed by atoms with Crippen molar-refractivity contribution in [1.82, 2.24) is 0 Å². The number of methoxy groups -OCH3 is 2. The van der Waals surface area contributed by atoms with Crippen LogP contribution in [0.3, 0.4) is 0 Å². The van der Waals surface area contributed by atoms with Crippen LogP contribution in [-0.4, -0.2) is 69.8 Å². The molecule has 0 radical (unpaired) electrons. The van der Waals surface area contributed by atoms with Crippen molar-refractivity contribution in [2.75, 3.05) is 20.8 Å². The fourth-order valence-electron chi connectivity index (χ4n) is 1.85. The number of rotatable bonds is 8. The maximum absolute atomic E-state index is 12.0. The number of ketones is 1. The first-order chi connectivity index (χ1) is 11.2. The van der Waals surface area contributed by atoms with Gasteiger partial charge in [-0.05, 0) is 23.8 Å². The minimum atomic E-state index is -3.18. The summed E-state index contributed by atoms with van der Waals surface area (Å²) in [5.74, 6) is -3.51. The molecule has 0 fully saturated rings. The average molecular weight is 342 g/mol. The number of aliphatic hydroxyl groups excluding tert-OH is 2. The molecular weight excluding hydrogens is 324 g/mol. The van der Waals surface area contributed by atoms with Gasteiger partial charge in [0.15, 0.2) is 11.5 Å². The molecule has 132 valence electrons. The second kappa shape index (κ2) is 7.77. The highest BCUT2D eigenvalue weighted by Gasteiger charge is 2.49. The molecule has 0 bridgehead atoms. The van der Waals surface area contributed by atoms with Crippen LogP contribution in [0.15, 0.2) is 18.2 Å². The van der Waals surface area contributed by atoms with Crippen LogP contribution in [0.5, 0.6) is 17.2 Å². The van der Waals surface area contributed by atoms with E-state index < -0.39 is 30.1 Å². The number of carboxylic acid groups (broad SMARTS) is 1. The molecule has 1 aromatic carbocycles. The number of hydrogen-bond donors (Lipinski definition) is 5. The first-order valence-corrected chi connectivity index (χ1v) is 6.64. The van der Waals surface area contributed by atoms with Crippen molar-refractivity contribution in [2.45, 2.75) is 11.7 Å². The lowest BCUT2D eigenvalue weighted by Gasteiger charge is -2.24. The fraction of sp³-hybridized carbons (Fsp3) is 0.333. The number of carbonyl (C=O) groups is 2. The molecule has 0 aromatic heterocycles. The van der Waals surface area contributed by atoms with Gasteiger partial charge in [0.05, 0.1) is 20.8 Å². The second-order valence-corrected chi connectivity index (χ2v) is 4.74. The van der Waals surface area contributed by atoms with Gasteiger partial charge in [-0.2, -0.15) is 0 Å². The highest BCUT2D eigenvalue weighted by Crippen LogP contribution is 2.37. The zero-order chi connectivity index (χ0) is 18.5. The summed E-state index contributed by atoms with van der Waals surface area (Å²) in [4.78, 5) is 23.0. The summed E-state index contributed by atoms with van der Waals surface area (Å²) in [6.45, 7) is -1.12. The number of carbonyl (C=O) groups excluding carboxylic acids is 1. The molecule has 0 heterocycles. The van der Waals surface area contributed by atoms with E-state index in [0.717, 1.165) is 12.2 Å². The summed E-state index contributed by atoms with van der Waals surface area (Å²) in [6.07, 6.45) is -0.348. The van der Waals surface area contributed by atoms with E-state index in [2.05, 4.69) is 0 Å². The van der Waals surface area contributed by atoms with Crippen molar-refractivity contribution in [3.63, 3.8) is 0 Å². The second-order valence-electron chi connectivity index (χ2n) is 4.74. The third-order valence-electron chi connectivity index (χ3n) is 3.29. The Kier molecular flexibility index (Phi) is 6.29. The SMILES string of the molecule is COc1cc(/C=C/C(=O)[C@@](O)(C(=O)O)[C@H](O)CO)cc(OC)c1O. The van der Waals surface area contributed by atoms with Crippen LogP contribution in [-0.2, 0) is 9.59 Å². The van der Waals surface area contributed by atoms with Gasteiger partial charge >= 0.3 is 5.97 Å². The molecule has 9 nitrogen and oxygen atoms in total. The summed E-state index contributed by atoms with van der Waals surface area (Å²) in [5, 5.41) is 46.8. The van der Waals surface area contributed by atoms with Crippen LogP contribution in [0.2, 0.25) is 0 Å². The molecule has 0 saturated carbocycles. The average Bonchev–Trinajstić information content (AvgIpc) is 2.58. The summed E-state index contributed by atoms with van der Waals surface area (Å²) in [6, 6.07) is 2.67. The minimum absolute atomic E-state index is 0.0466. The zero-order valence-electron chi connectivity index (χ0n) is 13.0. The van der Waals surface area contributed by atoms with E-state index in [1.54, 1.807) is 0 Å². The molecule has 0 saturated heterocycles. The van der Waals surface area contributed by atoms with Crippen LogP contribution in [0.4, 0.5) is 0 Å². The number of hydrogen-bond acceptors (Lipinski definition) is 8. The predicted octanol–water partition coefficient (Wildman–Crippen LogP) is -0.839. The van der Waals surface area contributed by atoms with Crippen LogP contribution in [0.1, 0.15) is 5.56 Å². The number of aliphatic carboxylic acids is 1. The van der Waals surface area contributed by atoms with Gasteiger partial charge in [-0.1, -0.05) is 6.08 Å². The number of aromatic hydroxyl groups is 1. The van der Waals surface area contributed by atoms with Gasteiger partial charge in [0, 0.05) is 0 Å². The van der Waals surface area contributed by atoms with Crippen LogP contribution in [0, 0.1) is 0 Å². The lowest BCUT2D eigenvalue weighted by Crippen LogP contribution is -2.56. The third kappa shape index (κ3) is 3.65. The number of phenolic OH excluding ortho intramolecular Hbond substituents is 1. The van der Waals surface area contributed by atoms with Crippen molar-refractivity contribution in [1.29, 1.82) is 0 Å². The van der Waals surface area contributed by atoms with E-state index in [0.29, 0.717) is 5.56 Å². The van der Waals surface area contributed by atoms with Crippen LogP contribution < -0.4 is 9.47 Å². The van der Waals surface area contributed by atoms with Gasteiger partial charge in [0.25, 0.3) is 5.60 Å². The Morgan fingerprint density at radius 1 is 1.25 bits per heavy atom. The predicted molar refractivity (Wildman–Crippen MR) is 80.9 cm³/mol. The summed E-state index contributed by atoms with van der Waals surface area (Å²) in [7, 11) is 2.60. The zero-order valence-corrected chi connectivity index (χ0v) is 13.0. The maximum Gasteiger partial charge on any atom is 0.346 e. The topological polar surface area (TPSA) is 154 Å². The van der Waals surface area contributed by atoms with Crippen LogP contribution >= 0.6 is 0 Å². The van der Waals surface area contributed by atoms with E-state index in [-0.39, 0.29) is 17.2 Å². The highest BCUT2D eigenvalue weighted by atomic mass is 16.5. The lowest BCUT2D eigenvalue weighted by molar-refractivity contribution is -0.178. The standard InChI is InChI=1S/C15H18O9/c1-23-9-5-8(6-10(24-2)13(9)19)3-4-11(17)15(22,14(20)21)12(18)7-16/h3-6,12,16,18-19,22H,7H2,1-2H3,(H,20,21)/b4-3+/t12-,15+/m1/s1. The largest absolute Gasteiger partial charge is 0.502 e. The summed E-state index contributed by atoms with van der Waals surface area (Å²) in [5.41, 5.74) is -2.89. The van der Waals surface area contributed by atoms with Crippen molar-refractivity contribution >= 4 is 17.8 Å². The number of ether oxygens (including phenoxy) is 2. The quantitative estimate of drug-likeness (QED) is 0.300. The lowest BCUT2D eigenvalue weighted by atomic mass is 9.91. The molecule has 9 heteroatoms. The number of aliphatic hydroxyl groups is 3. The first-order valence-electron chi connectivity index (χ1n) is 6.64. The molecule has 1 rings (SSSR count). The Morgan fingerprint density at radius 3 is 2.12 bits per heavy atom. The minimum Gasteiger partial charge on any atom is -0.502 e. The Balaban J connectivity index is 3.20. The molecule has 0 spiro atoms. The summed E-state index contributed by atoms with van der Waals surface area (Å²) < 4.78 is 9.86. The van der Waals surface area contributed by atoms with Crippen molar-refractivity contribution < 1.29 is 44.6 Å². The van der Waals surface area contributed by atoms with Gasteiger partial charge in [0.1, 0.15) is 6.10 Å². The number of phenols is 1. The van der Waals surface area contributed by atoms with Crippen molar-refractivity contribution in [3.8, 4) is 17.2 Å². The number of benzene rings is 1. The molecule has 0 aliphatic heterocycles. The van der Waals surface area contributed by atoms with Crippen molar-refractivity contribution in [3.05, 3.63) is 23.8 Å². The molecule has 0 unspecified atom stereocenters. The fourth-order valence-corrected chi connectivity index (χ4v) is 1.85. The van der Waals surface area contributed by atoms with Gasteiger partial charge < -0.3 is 35.0 Å². The molecule has 1 aromatic rings. The monoisotopic (exact) mass is 342 g/mol. The van der Waals surface area contributed by atoms with E-state index >= 15 is 0 Å². The number of carboxylic acids is 1. The van der Waals surface area contributed by atoms with Gasteiger partial charge in [0.2, 0.25) is 11.5 Å². The molecular formula is C15H18O9. The Morgan fingerprint density at radius 2 is 1.75 bits per heavy atom. The van der Waals surface area contributed by atoms with E-state index in [9.17, 15) is 24.9 Å². The van der Waals surface area contributed by atoms with Crippen LogP contribution in [0.25, 0.3) is 6.08 Å². The maximum atomic E-state index is 12.0. The molecule has 2 atom stereocenters. The molecule has 24 heavy (non-hydrogen) atoms. The molecule has 0 aliphatic carbocycles. The first kappa shape index (κ1) is 19.4. The van der Waals surface area contributed by atoms with Gasteiger partial charge in [-0.15, -0.1) is 0 Å². The Bertz CT molecular complexity index is 627. The molecule has 5 N–H and O–H groups in total. The highest BCUT2D eigenvalue weighted by molar-refractivity contribution is 6.13. The van der Waals surface area contributed by atoms with Gasteiger partial charge in [-0.3, -0.25) is 4.79 Å². The molecule has 0 amide bonds. The molecule has 0 aliphatic rings. The Labute approximate surface area is 137 Å². The van der Waals surface area contributed by atoms with Gasteiger partial charge in [-0.25, -0.2) is 4.79 Å². The third-order valence-corrected chi connectivity index (χ3v) is 3.29.